The summed E-state index contributed by atoms with van der Waals surface area (Å²) in [5.41, 5.74) is 2.50. The number of rotatable bonds is 5. The number of hydrogen-bond acceptors (Lipinski definition) is 3. The minimum Gasteiger partial charge on any atom is -0.455 e. The van der Waals surface area contributed by atoms with E-state index >= 15 is 0 Å². The first-order valence-corrected chi connectivity index (χ1v) is 9.60. The largest absolute Gasteiger partial charge is 0.455 e. The molecule has 1 aliphatic heterocycles. The molecule has 4 rings (SSSR count). The second-order valence-corrected chi connectivity index (χ2v) is 7.14. The fourth-order valence-electron chi connectivity index (χ4n) is 3.44. The lowest BCUT2D eigenvalue weighted by molar-refractivity contribution is -0.122. The summed E-state index contributed by atoms with van der Waals surface area (Å²) in [6, 6.07) is 24.5. The van der Waals surface area contributed by atoms with Crippen LogP contribution in [-0.2, 0) is 9.59 Å². The molecule has 146 valence electrons. The predicted molar refractivity (Wildman–Crippen MR) is 113 cm³/mol. The number of hydrogen-bond donors (Lipinski definition) is 1. The van der Waals surface area contributed by atoms with Crippen molar-refractivity contribution in [2.24, 2.45) is 5.92 Å². The van der Waals surface area contributed by atoms with E-state index in [1.54, 1.807) is 11.0 Å². The van der Waals surface area contributed by atoms with Crippen LogP contribution in [0.15, 0.2) is 78.9 Å². The molecule has 2 amide bonds. The first kappa shape index (κ1) is 18.7. The number of anilines is 2. The van der Waals surface area contributed by atoms with Gasteiger partial charge in [0.25, 0.3) is 0 Å². The topological polar surface area (TPSA) is 58.6 Å². The van der Waals surface area contributed by atoms with Crippen LogP contribution in [0.5, 0.6) is 11.5 Å². The van der Waals surface area contributed by atoms with Crippen LogP contribution in [0, 0.1) is 12.8 Å². The van der Waals surface area contributed by atoms with Crippen LogP contribution in [0.25, 0.3) is 0 Å². The molecule has 0 spiro atoms. The number of nitrogens with zero attached hydrogens (tertiary/aromatic N) is 1. The number of carbonyl (C=O) groups excluding carboxylic acids is 2. The Balaban J connectivity index is 1.47. The van der Waals surface area contributed by atoms with Gasteiger partial charge in [0.15, 0.2) is 5.75 Å². The molecule has 0 aromatic heterocycles. The Morgan fingerprint density at radius 1 is 1.00 bits per heavy atom. The maximum Gasteiger partial charge on any atom is 0.229 e. The first-order chi connectivity index (χ1) is 14.1. The van der Waals surface area contributed by atoms with Gasteiger partial charge in [-0.2, -0.15) is 0 Å². The summed E-state index contributed by atoms with van der Waals surface area (Å²) in [6.07, 6.45) is 0.196. The van der Waals surface area contributed by atoms with Gasteiger partial charge in [-0.25, -0.2) is 0 Å². The van der Waals surface area contributed by atoms with Crippen molar-refractivity contribution in [3.8, 4) is 11.5 Å². The van der Waals surface area contributed by atoms with Crippen molar-refractivity contribution >= 4 is 23.2 Å². The van der Waals surface area contributed by atoms with E-state index in [-0.39, 0.29) is 18.2 Å². The highest BCUT2D eigenvalue weighted by Crippen LogP contribution is 2.31. The van der Waals surface area contributed by atoms with E-state index in [9.17, 15) is 9.59 Å². The normalized spacial score (nSPS) is 16.0. The van der Waals surface area contributed by atoms with Gasteiger partial charge in [-0.3, -0.25) is 9.59 Å². The zero-order chi connectivity index (χ0) is 20.2. The molecule has 5 nitrogen and oxygen atoms in total. The van der Waals surface area contributed by atoms with Gasteiger partial charge in [0, 0.05) is 18.7 Å². The van der Waals surface area contributed by atoms with Crippen molar-refractivity contribution < 1.29 is 14.3 Å². The van der Waals surface area contributed by atoms with E-state index in [4.69, 9.17) is 4.74 Å². The Bertz CT molecular complexity index is 1030. The molecule has 0 radical (unpaired) electrons. The van der Waals surface area contributed by atoms with Gasteiger partial charge in [0.1, 0.15) is 5.75 Å². The van der Waals surface area contributed by atoms with Crippen LogP contribution >= 0.6 is 0 Å². The molecule has 5 heteroatoms. The van der Waals surface area contributed by atoms with Gasteiger partial charge in [-0.15, -0.1) is 0 Å². The van der Waals surface area contributed by atoms with Gasteiger partial charge in [-0.1, -0.05) is 42.5 Å². The van der Waals surface area contributed by atoms with Crippen LogP contribution in [0.2, 0.25) is 0 Å². The Morgan fingerprint density at radius 3 is 2.55 bits per heavy atom. The lowest BCUT2D eigenvalue weighted by Gasteiger charge is -2.18. The lowest BCUT2D eigenvalue weighted by atomic mass is 10.1. The molecule has 1 unspecified atom stereocenters. The molecule has 1 fully saturated rings. The number of ether oxygens (including phenoxy) is 1. The lowest BCUT2D eigenvalue weighted by Crippen LogP contribution is -2.28. The van der Waals surface area contributed by atoms with Crippen LogP contribution in [0.4, 0.5) is 11.4 Å². The fourth-order valence-corrected chi connectivity index (χ4v) is 3.44. The first-order valence-electron chi connectivity index (χ1n) is 9.60. The smallest absolute Gasteiger partial charge is 0.229 e. The molecule has 1 atom stereocenters. The fraction of sp³-hybridized carbons (Fsp3) is 0.167. The number of benzene rings is 3. The third kappa shape index (κ3) is 4.29. The molecule has 0 saturated carbocycles. The van der Waals surface area contributed by atoms with Gasteiger partial charge >= 0.3 is 0 Å². The van der Waals surface area contributed by atoms with Gasteiger partial charge < -0.3 is 15.0 Å². The van der Waals surface area contributed by atoms with Crippen molar-refractivity contribution in [2.45, 2.75) is 13.3 Å². The Kier molecular flexibility index (Phi) is 5.29. The molecule has 0 bridgehead atoms. The van der Waals surface area contributed by atoms with Crippen LogP contribution in [-0.4, -0.2) is 18.4 Å². The molecule has 1 heterocycles. The summed E-state index contributed by atoms with van der Waals surface area (Å²) in [6.45, 7) is 2.35. The molecule has 0 aliphatic carbocycles. The number of nitrogens with one attached hydrogen (secondary N) is 1. The molecule has 1 saturated heterocycles. The minimum absolute atomic E-state index is 0.0374. The summed E-state index contributed by atoms with van der Waals surface area (Å²) in [4.78, 5) is 27.0. The van der Waals surface area contributed by atoms with E-state index in [1.807, 2.05) is 79.7 Å². The molecule has 1 N–H and O–H groups in total. The summed E-state index contributed by atoms with van der Waals surface area (Å²) in [5, 5.41) is 2.93. The second kappa shape index (κ2) is 8.19. The van der Waals surface area contributed by atoms with Crippen LogP contribution < -0.4 is 15.0 Å². The average Bonchev–Trinajstić information content (AvgIpc) is 3.12. The molecule has 1 aliphatic rings. The Labute approximate surface area is 169 Å². The summed E-state index contributed by atoms with van der Waals surface area (Å²) in [7, 11) is 0. The monoisotopic (exact) mass is 386 g/mol. The number of para-hydroxylation sites is 3. The third-order valence-electron chi connectivity index (χ3n) is 4.93. The maximum atomic E-state index is 12.9. The minimum atomic E-state index is -0.409. The van der Waals surface area contributed by atoms with Crippen molar-refractivity contribution in [3.63, 3.8) is 0 Å². The zero-order valence-electron chi connectivity index (χ0n) is 16.2. The SMILES string of the molecule is Cc1cccc(N2CC(C(=O)Nc3ccccc3Oc3ccccc3)CC2=O)c1. The average molecular weight is 386 g/mol. The molecular weight excluding hydrogens is 364 g/mol. The number of amides is 2. The Hall–Kier alpha value is -3.60. The summed E-state index contributed by atoms with van der Waals surface area (Å²) >= 11 is 0. The van der Waals surface area contributed by atoms with Crippen molar-refractivity contribution in [2.75, 3.05) is 16.8 Å². The van der Waals surface area contributed by atoms with Crippen molar-refractivity contribution in [3.05, 3.63) is 84.4 Å². The van der Waals surface area contributed by atoms with Gasteiger partial charge in [-0.05, 0) is 48.9 Å². The molecule has 3 aromatic rings. The second-order valence-electron chi connectivity index (χ2n) is 7.14. The van der Waals surface area contributed by atoms with Crippen molar-refractivity contribution in [1.82, 2.24) is 0 Å². The van der Waals surface area contributed by atoms with Crippen LogP contribution in [0.1, 0.15) is 12.0 Å². The molecular formula is C24H22N2O3. The van der Waals surface area contributed by atoms with E-state index in [2.05, 4.69) is 5.32 Å². The van der Waals surface area contributed by atoms with E-state index in [0.29, 0.717) is 23.7 Å². The third-order valence-corrected chi connectivity index (χ3v) is 4.93. The van der Waals surface area contributed by atoms with Crippen LogP contribution in [0.3, 0.4) is 0 Å². The predicted octanol–water partition coefficient (Wildman–Crippen LogP) is 4.78. The van der Waals surface area contributed by atoms with E-state index in [1.165, 1.54) is 0 Å². The van der Waals surface area contributed by atoms with E-state index in [0.717, 1.165) is 11.3 Å². The molecule has 3 aromatic carbocycles. The zero-order valence-corrected chi connectivity index (χ0v) is 16.2. The van der Waals surface area contributed by atoms with Crippen molar-refractivity contribution in [1.29, 1.82) is 0 Å². The number of aryl methyl sites for hydroxylation is 1. The van der Waals surface area contributed by atoms with Gasteiger partial charge in [0.2, 0.25) is 11.8 Å². The number of carbonyl (C=O) groups is 2. The van der Waals surface area contributed by atoms with Gasteiger partial charge in [0.05, 0.1) is 11.6 Å². The molecule has 29 heavy (non-hydrogen) atoms. The highest BCUT2D eigenvalue weighted by atomic mass is 16.5. The quantitative estimate of drug-likeness (QED) is 0.687. The Morgan fingerprint density at radius 2 is 1.76 bits per heavy atom. The summed E-state index contributed by atoms with van der Waals surface area (Å²) < 4.78 is 5.91. The van der Waals surface area contributed by atoms with E-state index < -0.39 is 5.92 Å². The summed E-state index contributed by atoms with van der Waals surface area (Å²) in [5.74, 6) is 0.623. The standard InChI is InChI=1S/C24H22N2O3/c1-17-8-7-9-19(14-17)26-16-18(15-23(26)27)24(28)25-21-12-5-6-13-22(21)29-20-10-3-2-4-11-20/h2-14,18H,15-16H2,1H3,(H,25,28). The highest BCUT2D eigenvalue weighted by molar-refractivity contribution is 6.04. The maximum absolute atomic E-state index is 12.9. The highest BCUT2D eigenvalue weighted by Gasteiger charge is 2.35.